The van der Waals surface area contributed by atoms with E-state index in [2.05, 4.69) is 46.7 Å². The van der Waals surface area contributed by atoms with Crippen LogP contribution in [-0.4, -0.2) is 38.1 Å². The van der Waals surface area contributed by atoms with Crippen LogP contribution in [0.2, 0.25) is 0 Å². The fourth-order valence-electron chi connectivity index (χ4n) is 2.25. The van der Waals surface area contributed by atoms with Crippen molar-refractivity contribution in [2.24, 2.45) is 0 Å². The van der Waals surface area contributed by atoms with Gasteiger partial charge in [-0.2, -0.15) is 0 Å². The van der Waals surface area contributed by atoms with Crippen molar-refractivity contribution in [2.45, 2.75) is 13.1 Å². The predicted molar refractivity (Wildman–Crippen MR) is 67.4 cm³/mol. The van der Waals surface area contributed by atoms with Crippen molar-refractivity contribution in [2.75, 3.05) is 33.2 Å². The van der Waals surface area contributed by atoms with Crippen LogP contribution in [0.5, 0.6) is 0 Å². The molecule has 2 rings (SSSR count). The highest BCUT2D eigenvalue weighted by molar-refractivity contribution is 5.23. The molecule has 0 aliphatic carbocycles. The first-order chi connectivity index (χ1) is 7.81. The summed E-state index contributed by atoms with van der Waals surface area (Å²) in [6, 6.07) is 8.81. The van der Waals surface area contributed by atoms with Gasteiger partial charge in [-0.1, -0.05) is 29.8 Å². The molecule has 0 spiro atoms. The molecule has 1 unspecified atom stereocenters. The molecule has 2 N–H and O–H groups in total. The molecule has 1 atom stereocenters. The number of nitrogens with one attached hydrogen (secondary N) is 2. The van der Waals surface area contributed by atoms with Gasteiger partial charge in [-0.15, -0.1) is 0 Å². The molecule has 3 nitrogen and oxygen atoms in total. The quantitative estimate of drug-likeness (QED) is 0.797. The zero-order valence-electron chi connectivity index (χ0n) is 10.2. The smallest absolute Gasteiger partial charge is 0.0859 e. The molecule has 1 aromatic rings. The zero-order chi connectivity index (χ0) is 11.4. The first-order valence-electron chi connectivity index (χ1n) is 6.00. The van der Waals surface area contributed by atoms with Crippen molar-refractivity contribution in [3.05, 3.63) is 35.4 Å². The maximum atomic E-state index is 3.41. The summed E-state index contributed by atoms with van der Waals surface area (Å²) in [5.41, 5.74) is 2.67. The Morgan fingerprint density at radius 1 is 1.19 bits per heavy atom. The summed E-state index contributed by atoms with van der Waals surface area (Å²) in [7, 11) is 2.03. The lowest BCUT2D eigenvalue weighted by molar-refractivity contribution is 0.153. The Labute approximate surface area is 97.8 Å². The van der Waals surface area contributed by atoms with Crippen LogP contribution < -0.4 is 10.6 Å². The van der Waals surface area contributed by atoms with Gasteiger partial charge < -0.3 is 10.6 Å². The normalized spacial score (nSPS) is 19.6. The average Bonchev–Trinajstić information content (AvgIpc) is 2.34. The summed E-state index contributed by atoms with van der Waals surface area (Å²) >= 11 is 0. The lowest BCUT2D eigenvalue weighted by Gasteiger charge is -2.35. The molecule has 1 aromatic carbocycles. The maximum Gasteiger partial charge on any atom is 0.0859 e. The molecule has 1 fully saturated rings. The van der Waals surface area contributed by atoms with E-state index in [9.17, 15) is 0 Å². The van der Waals surface area contributed by atoms with Crippen LogP contribution in [0.1, 0.15) is 17.3 Å². The fraction of sp³-hybridized carbons (Fsp3) is 0.538. The van der Waals surface area contributed by atoms with Gasteiger partial charge in [0.15, 0.2) is 0 Å². The molecule has 0 saturated carbocycles. The van der Waals surface area contributed by atoms with E-state index < -0.39 is 0 Å². The van der Waals surface area contributed by atoms with E-state index in [0.717, 1.165) is 26.2 Å². The Morgan fingerprint density at radius 3 is 2.38 bits per heavy atom. The van der Waals surface area contributed by atoms with E-state index >= 15 is 0 Å². The third kappa shape index (κ3) is 2.61. The van der Waals surface area contributed by atoms with Gasteiger partial charge in [0.05, 0.1) is 6.17 Å². The van der Waals surface area contributed by atoms with Gasteiger partial charge >= 0.3 is 0 Å². The van der Waals surface area contributed by atoms with E-state index in [0.29, 0.717) is 6.17 Å². The zero-order valence-corrected chi connectivity index (χ0v) is 10.2. The van der Waals surface area contributed by atoms with Crippen molar-refractivity contribution in [1.29, 1.82) is 0 Å². The molecule has 88 valence electrons. The van der Waals surface area contributed by atoms with E-state index in [1.54, 1.807) is 0 Å². The summed E-state index contributed by atoms with van der Waals surface area (Å²) in [5, 5.41) is 6.79. The second-order valence-corrected chi connectivity index (χ2v) is 4.39. The molecular weight excluding hydrogens is 198 g/mol. The number of aryl methyl sites for hydroxylation is 1. The highest BCUT2D eigenvalue weighted by Gasteiger charge is 2.19. The van der Waals surface area contributed by atoms with Crippen LogP contribution in [0.25, 0.3) is 0 Å². The van der Waals surface area contributed by atoms with Crippen LogP contribution >= 0.6 is 0 Å². The number of rotatable bonds is 3. The standard InChI is InChI=1S/C13H21N3/c1-11-3-5-12(6-4-11)13(14-2)16-9-7-15-8-10-16/h3-6,13-15H,7-10H2,1-2H3. The molecule has 16 heavy (non-hydrogen) atoms. The third-order valence-corrected chi connectivity index (χ3v) is 3.18. The van der Waals surface area contributed by atoms with Crippen molar-refractivity contribution in [1.82, 2.24) is 15.5 Å². The maximum absolute atomic E-state index is 3.41. The minimum Gasteiger partial charge on any atom is -0.314 e. The van der Waals surface area contributed by atoms with Gasteiger partial charge in [0.1, 0.15) is 0 Å². The first kappa shape index (κ1) is 11.6. The van der Waals surface area contributed by atoms with Gasteiger partial charge in [0.25, 0.3) is 0 Å². The molecule has 0 bridgehead atoms. The molecule has 0 aromatic heterocycles. The van der Waals surface area contributed by atoms with Gasteiger partial charge in [-0.25, -0.2) is 0 Å². The Balaban J connectivity index is 2.11. The Morgan fingerprint density at radius 2 is 1.81 bits per heavy atom. The lowest BCUT2D eigenvalue weighted by atomic mass is 10.1. The van der Waals surface area contributed by atoms with Crippen molar-refractivity contribution in [3.63, 3.8) is 0 Å². The summed E-state index contributed by atoms with van der Waals surface area (Å²) in [6.45, 7) is 6.52. The predicted octanol–water partition coefficient (Wildman–Crippen LogP) is 1.12. The second-order valence-electron chi connectivity index (χ2n) is 4.39. The van der Waals surface area contributed by atoms with Crippen LogP contribution in [-0.2, 0) is 0 Å². The molecule has 0 amide bonds. The van der Waals surface area contributed by atoms with E-state index in [1.165, 1.54) is 11.1 Å². The Hall–Kier alpha value is -0.900. The van der Waals surface area contributed by atoms with Crippen LogP contribution in [0.4, 0.5) is 0 Å². The van der Waals surface area contributed by atoms with Crippen molar-refractivity contribution < 1.29 is 0 Å². The number of benzene rings is 1. The number of hydrogen-bond donors (Lipinski definition) is 2. The molecule has 1 saturated heterocycles. The minimum absolute atomic E-state index is 0.350. The molecule has 3 heteroatoms. The third-order valence-electron chi connectivity index (χ3n) is 3.18. The van der Waals surface area contributed by atoms with Gasteiger partial charge in [0.2, 0.25) is 0 Å². The number of hydrogen-bond acceptors (Lipinski definition) is 3. The highest BCUT2D eigenvalue weighted by Crippen LogP contribution is 2.18. The van der Waals surface area contributed by atoms with Gasteiger partial charge in [-0.3, -0.25) is 4.90 Å². The van der Waals surface area contributed by atoms with Crippen LogP contribution in [0.15, 0.2) is 24.3 Å². The van der Waals surface area contributed by atoms with Gasteiger partial charge in [0, 0.05) is 26.2 Å². The van der Waals surface area contributed by atoms with Crippen molar-refractivity contribution >= 4 is 0 Å². The molecule has 1 aliphatic rings. The van der Waals surface area contributed by atoms with Crippen molar-refractivity contribution in [3.8, 4) is 0 Å². The molecule has 0 radical (unpaired) electrons. The topological polar surface area (TPSA) is 27.3 Å². The molecular formula is C13H21N3. The monoisotopic (exact) mass is 219 g/mol. The fourth-order valence-corrected chi connectivity index (χ4v) is 2.25. The van der Waals surface area contributed by atoms with E-state index in [4.69, 9.17) is 0 Å². The molecule has 1 heterocycles. The first-order valence-corrected chi connectivity index (χ1v) is 6.00. The lowest BCUT2D eigenvalue weighted by Crippen LogP contribution is -2.48. The van der Waals surface area contributed by atoms with Gasteiger partial charge in [-0.05, 0) is 19.5 Å². The summed E-state index contributed by atoms with van der Waals surface area (Å²) in [4.78, 5) is 2.49. The Bertz CT molecular complexity index is 314. The summed E-state index contributed by atoms with van der Waals surface area (Å²) in [6.07, 6.45) is 0.350. The second kappa shape index (κ2) is 5.43. The van der Waals surface area contributed by atoms with Crippen LogP contribution in [0, 0.1) is 6.92 Å². The summed E-state index contributed by atoms with van der Waals surface area (Å²) in [5.74, 6) is 0. The summed E-state index contributed by atoms with van der Waals surface area (Å²) < 4.78 is 0. The Kier molecular flexibility index (Phi) is 3.93. The SMILES string of the molecule is CNC(c1ccc(C)cc1)N1CCNCC1. The number of nitrogens with zero attached hydrogens (tertiary/aromatic N) is 1. The van der Waals surface area contributed by atoms with E-state index in [-0.39, 0.29) is 0 Å². The minimum atomic E-state index is 0.350. The highest BCUT2D eigenvalue weighted by atomic mass is 15.3. The van der Waals surface area contributed by atoms with E-state index in [1.807, 2.05) is 7.05 Å². The average molecular weight is 219 g/mol. The van der Waals surface area contributed by atoms with Crippen LogP contribution in [0.3, 0.4) is 0 Å². The largest absolute Gasteiger partial charge is 0.314 e. The number of piperazine rings is 1. The molecule has 1 aliphatic heterocycles.